The Morgan fingerprint density at radius 2 is 1.39 bits per heavy atom. The van der Waals surface area contributed by atoms with Gasteiger partial charge in [-0.15, -0.1) is 0 Å². The number of fused-ring (bicyclic) bond motifs is 2. The lowest BCUT2D eigenvalue weighted by atomic mass is 10.1. The van der Waals surface area contributed by atoms with Gasteiger partial charge in [0.1, 0.15) is 17.4 Å². The quantitative estimate of drug-likeness (QED) is 0.257. The molecule has 36 heavy (non-hydrogen) atoms. The van der Waals surface area contributed by atoms with E-state index in [1.807, 2.05) is 73.1 Å². The van der Waals surface area contributed by atoms with E-state index >= 15 is 0 Å². The van der Waals surface area contributed by atoms with Gasteiger partial charge >= 0.3 is 5.78 Å². The standard InChI is InChI=1S/C30H20N4O2/c1-4-10-22(11-5-1)33-20-31-26-17-16-21(18-27(26)33)29-28(25-19-32-36-30(25)35-29)34(23-12-6-2-7-13-23)24-14-8-3-9-15-24/h1-20H. The molecule has 0 spiro atoms. The molecule has 7 rings (SSSR count). The summed E-state index contributed by atoms with van der Waals surface area (Å²) in [6.07, 6.45) is 3.56. The zero-order chi connectivity index (χ0) is 23.9. The topological polar surface area (TPSA) is 60.2 Å². The summed E-state index contributed by atoms with van der Waals surface area (Å²) in [5.74, 6) is 1.08. The smallest absolute Gasteiger partial charge is 0.326 e. The average Bonchev–Trinajstić information content (AvgIpc) is 3.66. The predicted octanol–water partition coefficient (Wildman–Crippen LogP) is 7.90. The summed E-state index contributed by atoms with van der Waals surface area (Å²) in [4.78, 5) is 6.79. The van der Waals surface area contributed by atoms with Crippen LogP contribution in [0.15, 0.2) is 131 Å². The second-order valence-corrected chi connectivity index (χ2v) is 8.47. The zero-order valence-electron chi connectivity index (χ0n) is 19.2. The highest BCUT2D eigenvalue weighted by molar-refractivity contribution is 6.02. The molecule has 0 amide bonds. The van der Waals surface area contributed by atoms with Crippen LogP contribution in [0.25, 0.3) is 39.2 Å². The van der Waals surface area contributed by atoms with E-state index in [9.17, 15) is 0 Å². The number of anilines is 3. The maximum Gasteiger partial charge on any atom is 0.326 e. The molecule has 6 heteroatoms. The monoisotopic (exact) mass is 468 g/mol. The number of aromatic nitrogens is 3. The Morgan fingerprint density at radius 3 is 2.08 bits per heavy atom. The fourth-order valence-corrected chi connectivity index (χ4v) is 4.65. The maximum absolute atomic E-state index is 6.32. The number of benzene rings is 4. The van der Waals surface area contributed by atoms with Gasteiger partial charge in [0.25, 0.3) is 0 Å². The molecule has 0 radical (unpaired) electrons. The van der Waals surface area contributed by atoms with Crippen molar-refractivity contribution in [3.8, 4) is 17.0 Å². The summed E-state index contributed by atoms with van der Waals surface area (Å²) in [5.41, 5.74) is 6.73. The van der Waals surface area contributed by atoms with Crippen LogP contribution in [-0.2, 0) is 0 Å². The first-order valence-corrected chi connectivity index (χ1v) is 11.7. The summed E-state index contributed by atoms with van der Waals surface area (Å²) in [5, 5.41) is 4.81. The summed E-state index contributed by atoms with van der Waals surface area (Å²) in [6, 6.07) is 36.8. The number of hydrogen-bond donors (Lipinski definition) is 0. The minimum absolute atomic E-state index is 0.383. The molecule has 0 atom stereocenters. The lowest BCUT2D eigenvalue weighted by Crippen LogP contribution is -2.10. The fraction of sp³-hybridized carbons (Fsp3) is 0. The van der Waals surface area contributed by atoms with Gasteiger partial charge in [-0.05, 0) is 54.6 Å². The van der Waals surface area contributed by atoms with Gasteiger partial charge in [0.2, 0.25) is 0 Å². The fourth-order valence-electron chi connectivity index (χ4n) is 4.65. The molecule has 6 nitrogen and oxygen atoms in total. The molecule has 0 aliphatic heterocycles. The zero-order valence-corrected chi connectivity index (χ0v) is 19.2. The molecule has 172 valence electrons. The van der Waals surface area contributed by atoms with E-state index < -0.39 is 0 Å². The Kier molecular flexibility index (Phi) is 4.67. The molecule has 0 aliphatic rings. The van der Waals surface area contributed by atoms with Crippen LogP contribution in [0.1, 0.15) is 0 Å². The van der Waals surface area contributed by atoms with E-state index in [2.05, 4.69) is 62.1 Å². The first-order valence-electron chi connectivity index (χ1n) is 11.7. The molecular weight excluding hydrogens is 448 g/mol. The van der Waals surface area contributed by atoms with E-state index in [0.717, 1.165) is 44.7 Å². The van der Waals surface area contributed by atoms with Gasteiger partial charge in [-0.1, -0.05) is 59.8 Å². The summed E-state index contributed by atoms with van der Waals surface area (Å²) < 4.78 is 13.9. The Balaban J connectivity index is 1.48. The number of nitrogens with zero attached hydrogens (tertiary/aromatic N) is 4. The summed E-state index contributed by atoms with van der Waals surface area (Å²) in [7, 11) is 0. The number of furan rings is 1. The molecule has 3 heterocycles. The van der Waals surface area contributed by atoms with E-state index in [0.29, 0.717) is 11.5 Å². The second kappa shape index (κ2) is 8.29. The van der Waals surface area contributed by atoms with E-state index in [4.69, 9.17) is 8.94 Å². The Hall–Kier alpha value is -5.10. The van der Waals surface area contributed by atoms with Crippen molar-refractivity contribution in [2.24, 2.45) is 0 Å². The first kappa shape index (κ1) is 20.3. The lowest BCUT2D eigenvalue weighted by Gasteiger charge is -2.25. The molecule has 0 saturated heterocycles. The number of para-hydroxylation sites is 3. The SMILES string of the molecule is c1ccc(N(c2ccccc2)c2c(-c3ccc4ncn(-c5ccccc5)c4c3)oc3oncc23)cc1. The van der Waals surface area contributed by atoms with Gasteiger partial charge < -0.3 is 13.8 Å². The Bertz CT molecular complexity index is 1750. The summed E-state index contributed by atoms with van der Waals surface area (Å²) >= 11 is 0. The van der Waals surface area contributed by atoms with E-state index in [-0.39, 0.29) is 0 Å². The molecule has 0 aliphatic carbocycles. The lowest BCUT2D eigenvalue weighted by molar-refractivity contribution is 0.392. The van der Waals surface area contributed by atoms with Crippen molar-refractivity contribution in [2.75, 3.05) is 4.90 Å². The van der Waals surface area contributed by atoms with Gasteiger partial charge in [-0.3, -0.25) is 4.57 Å². The maximum atomic E-state index is 6.32. The van der Waals surface area contributed by atoms with Gasteiger partial charge in [0.15, 0.2) is 5.76 Å². The molecule has 0 bridgehead atoms. The number of imidazole rings is 1. The third-order valence-electron chi connectivity index (χ3n) is 6.30. The van der Waals surface area contributed by atoms with Crippen molar-refractivity contribution in [3.05, 3.63) is 122 Å². The van der Waals surface area contributed by atoms with Gasteiger partial charge in [-0.2, -0.15) is 0 Å². The van der Waals surface area contributed by atoms with Gasteiger partial charge in [0, 0.05) is 22.6 Å². The van der Waals surface area contributed by atoms with Crippen LogP contribution in [-0.4, -0.2) is 14.7 Å². The van der Waals surface area contributed by atoms with Crippen LogP contribution >= 0.6 is 0 Å². The van der Waals surface area contributed by atoms with Crippen LogP contribution in [0, 0.1) is 0 Å². The molecule has 0 unspecified atom stereocenters. The van der Waals surface area contributed by atoms with Crippen LogP contribution in [0.4, 0.5) is 17.1 Å². The molecule has 7 aromatic rings. The molecule has 0 N–H and O–H groups in total. The number of rotatable bonds is 5. The minimum atomic E-state index is 0.383. The van der Waals surface area contributed by atoms with Crippen LogP contribution in [0.5, 0.6) is 0 Å². The van der Waals surface area contributed by atoms with E-state index in [1.54, 1.807) is 6.20 Å². The second-order valence-electron chi connectivity index (χ2n) is 8.47. The predicted molar refractivity (Wildman–Crippen MR) is 141 cm³/mol. The van der Waals surface area contributed by atoms with Crippen LogP contribution in [0.2, 0.25) is 0 Å². The Morgan fingerprint density at radius 1 is 0.722 bits per heavy atom. The van der Waals surface area contributed by atoms with Crippen LogP contribution in [0.3, 0.4) is 0 Å². The van der Waals surface area contributed by atoms with Gasteiger partial charge in [-0.25, -0.2) is 4.98 Å². The highest BCUT2D eigenvalue weighted by Gasteiger charge is 2.26. The third kappa shape index (κ3) is 3.27. The first-order chi connectivity index (χ1) is 17.9. The van der Waals surface area contributed by atoms with Crippen LogP contribution < -0.4 is 4.90 Å². The van der Waals surface area contributed by atoms with Crippen molar-refractivity contribution in [1.82, 2.24) is 14.7 Å². The number of hydrogen-bond acceptors (Lipinski definition) is 5. The normalized spacial score (nSPS) is 11.3. The van der Waals surface area contributed by atoms with E-state index in [1.165, 1.54) is 0 Å². The highest BCUT2D eigenvalue weighted by atomic mass is 16.5. The van der Waals surface area contributed by atoms with Crippen molar-refractivity contribution < 1.29 is 8.94 Å². The molecular formula is C30H20N4O2. The summed E-state index contributed by atoms with van der Waals surface area (Å²) in [6.45, 7) is 0. The Labute approximate surface area is 206 Å². The minimum Gasteiger partial charge on any atom is -0.421 e. The molecule has 0 saturated carbocycles. The molecule has 4 aromatic carbocycles. The third-order valence-corrected chi connectivity index (χ3v) is 6.30. The van der Waals surface area contributed by atoms with Gasteiger partial charge in [0.05, 0.1) is 17.2 Å². The van der Waals surface area contributed by atoms with Crippen molar-refractivity contribution in [2.45, 2.75) is 0 Å². The van der Waals surface area contributed by atoms with Crippen molar-refractivity contribution in [1.29, 1.82) is 0 Å². The largest absolute Gasteiger partial charge is 0.421 e. The average molecular weight is 469 g/mol. The van der Waals surface area contributed by atoms with Crippen molar-refractivity contribution >= 4 is 39.3 Å². The molecule has 0 fully saturated rings. The van der Waals surface area contributed by atoms with Crippen molar-refractivity contribution in [3.63, 3.8) is 0 Å². The highest BCUT2D eigenvalue weighted by Crippen LogP contribution is 2.47. The molecule has 3 aromatic heterocycles.